The third kappa shape index (κ3) is 7.60. The molecule has 0 saturated heterocycles. The van der Waals surface area contributed by atoms with Gasteiger partial charge in [0.25, 0.3) is 0 Å². The molecule has 0 aliphatic carbocycles. The lowest BCUT2D eigenvalue weighted by Gasteiger charge is -2.41. The van der Waals surface area contributed by atoms with Gasteiger partial charge in [-0.3, -0.25) is 0 Å². The molecule has 0 aromatic heterocycles. The maximum atomic E-state index is 6.70. The lowest BCUT2D eigenvalue weighted by Crippen LogP contribution is -2.40. The van der Waals surface area contributed by atoms with Crippen LogP contribution in [-0.4, -0.2) is 13.2 Å². The standard InChI is InChI=1S/C30H44O2/c1-5-9-10-11-12-16-19-29(27-17-14-13-15-18-27)30(31-24-6-2,32-25-7-3)28-22-20-26(8-4)21-23-28/h8,13-15,17-18,20-23,29H,4-7,9-12,16,19,24-25H2,1-3H3. The number of benzene rings is 2. The van der Waals surface area contributed by atoms with Crippen molar-refractivity contribution >= 4 is 6.08 Å². The summed E-state index contributed by atoms with van der Waals surface area (Å²) >= 11 is 0. The van der Waals surface area contributed by atoms with Crippen LogP contribution in [0.25, 0.3) is 6.08 Å². The molecule has 32 heavy (non-hydrogen) atoms. The fraction of sp³-hybridized carbons (Fsp3) is 0.533. The van der Waals surface area contributed by atoms with E-state index in [1.807, 2.05) is 6.08 Å². The first-order valence-electron chi connectivity index (χ1n) is 12.8. The molecule has 1 atom stereocenters. The van der Waals surface area contributed by atoms with Gasteiger partial charge in [-0.1, -0.05) is 127 Å². The molecule has 0 spiro atoms. The van der Waals surface area contributed by atoms with Gasteiger partial charge in [-0.05, 0) is 30.4 Å². The van der Waals surface area contributed by atoms with Crippen molar-refractivity contribution in [3.05, 3.63) is 77.9 Å². The molecule has 2 heteroatoms. The summed E-state index contributed by atoms with van der Waals surface area (Å²) in [5, 5.41) is 0. The second kappa shape index (κ2) is 15.0. The van der Waals surface area contributed by atoms with Gasteiger partial charge >= 0.3 is 0 Å². The molecular formula is C30H44O2. The van der Waals surface area contributed by atoms with Crippen LogP contribution in [0.5, 0.6) is 0 Å². The van der Waals surface area contributed by atoms with E-state index in [9.17, 15) is 0 Å². The van der Waals surface area contributed by atoms with Crippen LogP contribution >= 0.6 is 0 Å². The number of rotatable bonds is 17. The first-order valence-corrected chi connectivity index (χ1v) is 12.8. The Kier molecular flexibility index (Phi) is 12.4. The first kappa shape index (κ1) is 26.4. The van der Waals surface area contributed by atoms with Crippen LogP contribution < -0.4 is 0 Å². The van der Waals surface area contributed by atoms with Gasteiger partial charge in [0.15, 0.2) is 0 Å². The molecule has 0 aliphatic heterocycles. The van der Waals surface area contributed by atoms with Crippen LogP contribution in [0.2, 0.25) is 0 Å². The highest BCUT2D eigenvalue weighted by Crippen LogP contribution is 2.45. The molecule has 2 rings (SSSR count). The Bertz CT molecular complexity index is 727. The SMILES string of the molecule is C=Cc1ccc(C(OCCC)(OCCC)C(CCCCCCCC)c2ccccc2)cc1. The summed E-state index contributed by atoms with van der Waals surface area (Å²) in [6.45, 7) is 11.9. The Hall–Kier alpha value is -1.90. The largest absolute Gasteiger partial charge is 0.345 e. The molecule has 0 amide bonds. The predicted octanol–water partition coefficient (Wildman–Crippen LogP) is 8.87. The lowest BCUT2D eigenvalue weighted by molar-refractivity contribution is -0.263. The summed E-state index contributed by atoms with van der Waals surface area (Å²) in [4.78, 5) is 0. The van der Waals surface area contributed by atoms with Crippen molar-refractivity contribution in [2.75, 3.05) is 13.2 Å². The number of ether oxygens (including phenoxy) is 2. The van der Waals surface area contributed by atoms with Crippen molar-refractivity contribution < 1.29 is 9.47 Å². The zero-order chi connectivity index (χ0) is 23.1. The summed E-state index contributed by atoms with van der Waals surface area (Å²) in [6, 6.07) is 19.4. The van der Waals surface area contributed by atoms with Crippen molar-refractivity contribution in [3.63, 3.8) is 0 Å². The molecule has 0 N–H and O–H groups in total. The van der Waals surface area contributed by atoms with E-state index >= 15 is 0 Å². The molecular weight excluding hydrogens is 392 g/mol. The summed E-state index contributed by atoms with van der Waals surface area (Å²) in [5.74, 6) is -0.640. The Balaban J connectivity index is 2.43. The maximum absolute atomic E-state index is 6.70. The van der Waals surface area contributed by atoms with E-state index in [1.165, 1.54) is 44.1 Å². The third-order valence-corrected chi connectivity index (χ3v) is 6.10. The normalized spacial score (nSPS) is 12.6. The van der Waals surface area contributed by atoms with Crippen LogP contribution in [0.4, 0.5) is 0 Å². The fourth-order valence-electron chi connectivity index (χ4n) is 4.36. The highest BCUT2D eigenvalue weighted by Gasteiger charge is 2.43. The van der Waals surface area contributed by atoms with E-state index in [4.69, 9.17) is 9.47 Å². The molecule has 0 aliphatic rings. The highest BCUT2D eigenvalue weighted by molar-refractivity contribution is 5.48. The van der Waals surface area contributed by atoms with E-state index in [-0.39, 0.29) is 5.92 Å². The van der Waals surface area contributed by atoms with Crippen LogP contribution in [0.3, 0.4) is 0 Å². The molecule has 0 saturated carbocycles. The Morgan fingerprint density at radius 2 is 1.34 bits per heavy atom. The summed E-state index contributed by atoms with van der Waals surface area (Å²) in [5.41, 5.74) is 3.51. The van der Waals surface area contributed by atoms with E-state index in [2.05, 4.69) is 81.9 Å². The van der Waals surface area contributed by atoms with E-state index in [1.54, 1.807) is 0 Å². The Labute approximate surface area is 197 Å². The number of hydrogen-bond donors (Lipinski definition) is 0. The van der Waals surface area contributed by atoms with Crippen molar-refractivity contribution in [3.8, 4) is 0 Å². The second-order valence-electron chi connectivity index (χ2n) is 8.71. The maximum Gasteiger partial charge on any atom is 0.201 e. The van der Waals surface area contributed by atoms with Crippen LogP contribution in [0.1, 0.15) is 101 Å². The minimum absolute atomic E-state index is 0.141. The van der Waals surface area contributed by atoms with Crippen molar-refractivity contribution in [2.24, 2.45) is 0 Å². The molecule has 176 valence electrons. The fourth-order valence-corrected chi connectivity index (χ4v) is 4.36. The molecule has 2 nitrogen and oxygen atoms in total. The number of unbranched alkanes of at least 4 members (excludes halogenated alkanes) is 5. The van der Waals surface area contributed by atoms with E-state index < -0.39 is 5.79 Å². The molecule has 0 heterocycles. The smallest absolute Gasteiger partial charge is 0.201 e. The zero-order valence-corrected chi connectivity index (χ0v) is 20.7. The van der Waals surface area contributed by atoms with Gasteiger partial charge in [-0.15, -0.1) is 0 Å². The van der Waals surface area contributed by atoms with Crippen LogP contribution in [0, 0.1) is 0 Å². The molecule has 0 radical (unpaired) electrons. The molecule has 1 unspecified atom stereocenters. The quantitative estimate of drug-likeness (QED) is 0.182. The summed E-state index contributed by atoms with van der Waals surface area (Å²) in [7, 11) is 0. The van der Waals surface area contributed by atoms with Gasteiger partial charge in [0.1, 0.15) is 0 Å². The van der Waals surface area contributed by atoms with Crippen molar-refractivity contribution in [2.45, 2.75) is 90.3 Å². The number of hydrogen-bond acceptors (Lipinski definition) is 2. The van der Waals surface area contributed by atoms with Gasteiger partial charge in [0.2, 0.25) is 5.79 Å². The third-order valence-electron chi connectivity index (χ3n) is 6.10. The highest BCUT2D eigenvalue weighted by atomic mass is 16.7. The molecule has 2 aromatic rings. The minimum atomic E-state index is -0.781. The van der Waals surface area contributed by atoms with Gasteiger partial charge in [0, 0.05) is 11.5 Å². The molecule has 2 aromatic carbocycles. The Morgan fingerprint density at radius 3 is 1.91 bits per heavy atom. The zero-order valence-electron chi connectivity index (χ0n) is 20.7. The van der Waals surface area contributed by atoms with Gasteiger partial charge < -0.3 is 9.47 Å². The van der Waals surface area contributed by atoms with Crippen molar-refractivity contribution in [1.82, 2.24) is 0 Å². The summed E-state index contributed by atoms with van der Waals surface area (Å²) < 4.78 is 13.4. The predicted molar refractivity (Wildman–Crippen MR) is 138 cm³/mol. The Morgan fingerprint density at radius 1 is 0.750 bits per heavy atom. The average molecular weight is 437 g/mol. The molecule has 0 fully saturated rings. The topological polar surface area (TPSA) is 18.5 Å². The van der Waals surface area contributed by atoms with Crippen LogP contribution in [0.15, 0.2) is 61.2 Å². The van der Waals surface area contributed by atoms with Gasteiger partial charge in [-0.25, -0.2) is 0 Å². The summed E-state index contributed by atoms with van der Waals surface area (Å²) in [6.07, 6.45) is 12.6. The second-order valence-corrected chi connectivity index (χ2v) is 8.71. The van der Waals surface area contributed by atoms with E-state index in [0.717, 1.165) is 30.4 Å². The van der Waals surface area contributed by atoms with E-state index in [0.29, 0.717) is 13.2 Å². The lowest BCUT2D eigenvalue weighted by atomic mass is 9.81. The molecule has 0 bridgehead atoms. The minimum Gasteiger partial charge on any atom is -0.345 e. The first-order chi connectivity index (χ1) is 15.7. The average Bonchev–Trinajstić information content (AvgIpc) is 2.85. The monoisotopic (exact) mass is 436 g/mol. The van der Waals surface area contributed by atoms with Crippen molar-refractivity contribution in [1.29, 1.82) is 0 Å². The van der Waals surface area contributed by atoms with Gasteiger partial charge in [-0.2, -0.15) is 0 Å². The van der Waals surface area contributed by atoms with Gasteiger partial charge in [0.05, 0.1) is 13.2 Å². The van der Waals surface area contributed by atoms with Crippen LogP contribution in [-0.2, 0) is 15.3 Å².